The van der Waals surface area contributed by atoms with E-state index in [-0.39, 0.29) is 23.7 Å². The summed E-state index contributed by atoms with van der Waals surface area (Å²) in [6.45, 7) is 13.1. The van der Waals surface area contributed by atoms with Crippen LogP contribution in [0, 0.1) is 0 Å². The highest BCUT2D eigenvalue weighted by Gasteiger charge is 2.52. The van der Waals surface area contributed by atoms with Crippen molar-refractivity contribution in [2.75, 3.05) is 0 Å². The fraction of sp³-hybridized carbons (Fsp3) is 0.273. The summed E-state index contributed by atoms with van der Waals surface area (Å²) < 4.78 is 12.8. The number of hydrogen-bond acceptors (Lipinski definition) is 2. The van der Waals surface area contributed by atoms with E-state index in [2.05, 4.69) is 120 Å². The van der Waals surface area contributed by atoms with E-state index in [1.165, 1.54) is 54.6 Å². The standard InChI is InChI=1S/C33H31BO2/c1-31(2)29-17-20(34-35-32(3,4)33(5,6)36-34)15-16-25(29)28-18-26-23-13-9-7-11-21(23)22-12-8-10-14-24(22)27(26)19-30(28)31/h7-19H,1-6H3. The third-order valence-electron chi connectivity index (χ3n) is 9.09. The van der Waals surface area contributed by atoms with E-state index in [9.17, 15) is 0 Å². The molecule has 0 atom stereocenters. The van der Waals surface area contributed by atoms with Crippen molar-refractivity contribution in [2.45, 2.75) is 58.2 Å². The third-order valence-corrected chi connectivity index (χ3v) is 9.09. The Balaban J connectivity index is 1.46. The summed E-state index contributed by atoms with van der Waals surface area (Å²) in [5.74, 6) is 0. The van der Waals surface area contributed by atoms with E-state index in [1.54, 1.807) is 0 Å². The second-order valence-electron chi connectivity index (χ2n) is 12.1. The van der Waals surface area contributed by atoms with Gasteiger partial charge in [-0.1, -0.05) is 80.6 Å². The highest BCUT2D eigenvalue weighted by molar-refractivity contribution is 6.62. The summed E-state index contributed by atoms with van der Waals surface area (Å²) in [6.07, 6.45) is 0. The molecule has 2 aliphatic rings. The van der Waals surface area contributed by atoms with Crippen molar-refractivity contribution in [3.63, 3.8) is 0 Å². The molecule has 1 aliphatic heterocycles. The molecule has 0 aromatic heterocycles. The Hall–Kier alpha value is -3.14. The summed E-state index contributed by atoms with van der Waals surface area (Å²) in [4.78, 5) is 0. The molecule has 1 saturated heterocycles. The first-order chi connectivity index (χ1) is 17.1. The summed E-state index contributed by atoms with van der Waals surface area (Å²) in [5.41, 5.74) is 5.64. The van der Waals surface area contributed by atoms with E-state index >= 15 is 0 Å². The van der Waals surface area contributed by atoms with Crippen LogP contribution in [0.15, 0.2) is 78.9 Å². The molecule has 7 rings (SSSR count). The van der Waals surface area contributed by atoms with E-state index in [4.69, 9.17) is 9.31 Å². The van der Waals surface area contributed by atoms with Crippen LogP contribution in [-0.4, -0.2) is 18.3 Å². The van der Waals surface area contributed by atoms with Gasteiger partial charge in [-0.2, -0.15) is 0 Å². The van der Waals surface area contributed by atoms with E-state index < -0.39 is 0 Å². The summed E-state index contributed by atoms with van der Waals surface area (Å²) >= 11 is 0. The zero-order chi connectivity index (χ0) is 25.0. The van der Waals surface area contributed by atoms with Gasteiger partial charge in [-0.05, 0) is 99.9 Å². The molecular formula is C33H31BO2. The quantitative estimate of drug-likeness (QED) is 0.184. The van der Waals surface area contributed by atoms with E-state index in [0.717, 1.165) is 5.46 Å². The second-order valence-corrected chi connectivity index (χ2v) is 12.1. The van der Waals surface area contributed by atoms with Crippen LogP contribution < -0.4 is 5.46 Å². The predicted molar refractivity (Wildman–Crippen MR) is 152 cm³/mol. The van der Waals surface area contributed by atoms with Crippen molar-refractivity contribution < 1.29 is 9.31 Å². The lowest BCUT2D eigenvalue weighted by atomic mass is 9.74. The predicted octanol–water partition coefficient (Wildman–Crippen LogP) is 7.75. The van der Waals surface area contributed by atoms with Crippen LogP contribution in [0.25, 0.3) is 43.4 Å². The maximum absolute atomic E-state index is 6.39. The van der Waals surface area contributed by atoms with Crippen molar-refractivity contribution in [1.29, 1.82) is 0 Å². The molecule has 3 heteroatoms. The largest absolute Gasteiger partial charge is 0.494 e. The highest BCUT2D eigenvalue weighted by atomic mass is 16.7. The van der Waals surface area contributed by atoms with E-state index in [1.807, 2.05) is 0 Å². The number of fused-ring (bicyclic) bond motifs is 9. The molecule has 0 N–H and O–H groups in total. The van der Waals surface area contributed by atoms with Crippen molar-refractivity contribution in [2.24, 2.45) is 0 Å². The smallest absolute Gasteiger partial charge is 0.399 e. The molecule has 36 heavy (non-hydrogen) atoms. The van der Waals surface area contributed by atoms with Gasteiger partial charge in [-0.15, -0.1) is 0 Å². The lowest BCUT2D eigenvalue weighted by molar-refractivity contribution is 0.00578. The molecule has 1 aliphatic carbocycles. The topological polar surface area (TPSA) is 18.5 Å². The molecule has 5 aromatic rings. The fourth-order valence-electron chi connectivity index (χ4n) is 6.28. The summed E-state index contributed by atoms with van der Waals surface area (Å²) in [6, 6.07) is 29.3. The van der Waals surface area contributed by atoms with Crippen molar-refractivity contribution in [1.82, 2.24) is 0 Å². The molecule has 0 saturated carbocycles. The van der Waals surface area contributed by atoms with Gasteiger partial charge in [0.1, 0.15) is 0 Å². The number of hydrogen-bond donors (Lipinski definition) is 0. The van der Waals surface area contributed by atoms with Crippen LogP contribution in [0.4, 0.5) is 0 Å². The molecule has 0 bridgehead atoms. The van der Waals surface area contributed by atoms with Crippen molar-refractivity contribution in [3.05, 3.63) is 90.0 Å². The minimum Gasteiger partial charge on any atom is -0.399 e. The Morgan fingerprint density at radius 1 is 0.500 bits per heavy atom. The Kier molecular flexibility index (Phi) is 4.29. The molecule has 0 unspecified atom stereocenters. The second kappa shape index (κ2) is 7.00. The number of rotatable bonds is 1. The fourth-order valence-corrected chi connectivity index (χ4v) is 6.28. The van der Waals surface area contributed by atoms with Crippen LogP contribution >= 0.6 is 0 Å². The number of benzene rings is 5. The van der Waals surface area contributed by atoms with Crippen molar-refractivity contribution in [3.8, 4) is 11.1 Å². The Morgan fingerprint density at radius 2 is 0.972 bits per heavy atom. The average Bonchev–Trinajstić information content (AvgIpc) is 3.22. The van der Waals surface area contributed by atoms with Gasteiger partial charge in [0.05, 0.1) is 11.2 Å². The maximum Gasteiger partial charge on any atom is 0.494 e. The first-order valence-corrected chi connectivity index (χ1v) is 13.0. The Bertz CT molecular complexity index is 1710. The molecule has 1 heterocycles. The minimum atomic E-state index is -0.355. The lowest BCUT2D eigenvalue weighted by Gasteiger charge is -2.32. The molecule has 0 spiro atoms. The van der Waals surface area contributed by atoms with Gasteiger partial charge in [0.2, 0.25) is 0 Å². The molecule has 1 fully saturated rings. The Labute approximate surface area is 213 Å². The summed E-state index contributed by atoms with van der Waals surface area (Å²) in [5, 5.41) is 7.91. The minimum absolute atomic E-state index is 0.120. The van der Waals surface area contributed by atoms with Gasteiger partial charge >= 0.3 is 7.12 Å². The molecular weight excluding hydrogens is 439 g/mol. The summed E-state index contributed by atoms with van der Waals surface area (Å²) in [7, 11) is -0.355. The van der Waals surface area contributed by atoms with Gasteiger partial charge in [0.25, 0.3) is 0 Å². The lowest BCUT2D eigenvalue weighted by Crippen LogP contribution is -2.41. The SMILES string of the molecule is CC1(C)c2cc(B3OC(C)(C)C(C)(C)O3)ccc2-c2cc3c4ccccc4c4ccccc4c3cc21. The van der Waals surface area contributed by atoms with Gasteiger partial charge in [-0.3, -0.25) is 0 Å². The average molecular weight is 470 g/mol. The van der Waals surface area contributed by atoms with E-state index in [0.29, 0.717) is 0 Å². The zero-order valence-corrected chi connectivity index (χ0v) is 21.9. The van der Waals surface area contributed by atoms with Gasteiger partial charge in [-0.25, -0.2) is 0 Å². The van der Waals surface area contributed by atoms with Gasteiger partial charge in [0.15, 0.2) is 0 Å². The normalized spacial score (nSPS) is 19.2. The van der Waals surface area contributed by atoms with Crippen LogP contribution in [0.1, 0.15) is 52.7 Å². The molecule has 0 amide bonds. The maximum atomic E-state index is 6.39. The third kappa shape index (κ3) is 2.82. The Morgan fingerprint density at radius 3 is 1.53 bits per heavy atom. The van der Waals surface area contributed by atoms with Crippen LogP contribution in [0.2, 0.25) is 0 Å². The highest BCUT2D eigenvalue weighted by Crippen LogP contribution is 2.51. The van der Waals surface area contributed by atoms with Crippen LogP contribution in [-0.2, 0) is 14.7 Å². The monoisotopic (exact) mass is 470 g/mol. The van der Waals surface area contributed by atoms with Crippen LogP contribution in [0.5, 0.6) is 0 Å². The molecule has 5 aromatic carbocycles. The molecule has 0 radical (unpaired) electrons. The van der Waals surface area contributed by atoms with Gasteiger partial charge < -0.3 is 9.31 Å². The first kappa shape index (κ1) is 22.1. The zero-order valence-electron chi connectivity index (χ0n) is 21.9. The molecule has 178 valence electrons. The molecule has 2 nitrogen and oxygen atoms in total. The van der Waals surface area contributed by atoms with Crippen molar-refractivity contribution >= 4 is 44.9 Å². The first-order valence-electron chi connectivity index (χ1n) is 13.0. The van der Waals surface area contributed by atoms with Crippen LogP contribution in [0.3, 0.4) is 0 Å². The van der Waals surface area contributed by atoms with Gasteiger partial charge in [0, 0.05) is 5.41 Å².